The van der Waals surface area contributed by atoms with Gasteiger partial charge in [-0.25, -0.2) is 17.6 Å². The van der Waals surface area contributed by atoms with Gasteiger partial charge in [-0.15, -0.1) is 0 Å². The summed E-state index contributed by atoms with van der Waals surface area (Å²) in [5.41, 5.74) is -1.94. The van der Waals surface area contributed by atoms with Crippen molar-refractivity contribution in [3.05, 3.63) is 46.0 Å². The third kappa shape index (κ3) is 3.83. The van der Waals surface area contributed by atoms with Gasteiger partial charge < -0.3 is 9.47 Å². The standard InChI is InChI=1S/C19H19F4NO3/c1-9(6-24)5-12-13(19(12,2)3)18(25)27-8-11-16(22)14(20)10(7-26-4)15(21)17(11)23/h5,12-13H,7-8H2,1-4H3. The maximum atomic E-state index is 14.1. The first-order valence-corrected chi connectivity index (χ1v) is 8.15. The first kappa shape index (κ1) is 20.9. The number of hydrogen-bond donors (Lipinski definition) is 0. The Morgan fingerprint density at radius 2 is 1.59 bits per heavy atom. The molecule has 1 fully saturated rings. The van der Waals surface area contributed by atoms with Gasteiger partial charge in [0.25, 0.3) is 0 Å². The summed E-state index contributed by atoms with van der Waals surface area (Å²) >= 11 is 0. The van der Waals surface area contributed by atoms with Gasteiger partial charge in [-0.1, -0.05) is 19.9 Å². The van der Waals surface area contributed by atoms with Gasteiger partial charge in [0.1, 0.15) is 6.61 Å². The van der Waals surface area contributed by atoms with E-state index in [-0.39, 0.29) is 5.92 Å². The molecule has 0 amide bonds. The van der Waals surface area contributed by atoms with Crippen LogP contribution in [0.25, 0.3) is 0 Å². The molecule has 1 aromatic rings. The molecule has 0 spiro atoms. The fourth-order valence-corrected chi connectivity index (χ4v) is 3.10. The van der Waals surface area contributed by atoms with Crippen LogP contribution in [0.4, 0.5) is 17.6 Å². The number of carbonyl (C=O) groups is 1. The van der Waals surface area contributed by atoms with Crippen molar-refractivity contribution in [3.8, 4) is 6.07 Å². The molecule has 1 aliphatic carbocycles. The number of esters is 1. The second-order valence-electron chi connectivity index (χ2n) is 7.04. The lowest BCUT2D eigenvalue weighted by Gasteiger charge is -2.12. The predicted octanol–water partition coefficient (Wildman–Crippen LogP) is 4.17. The Morgan fingerprint density at radius 1 is 1.11 bits per heavy atom. The summed E-state index contributed by atoms with van der Waals surface area (Å²) in [7, 11) is 1.13. The number of carbonyl (C=O) groups excluding carboxylic acids is 1. The van der Waals surface area contributed by atoms with Crippen LogP contribution in [0.3, 0.4) is 0 Å². The number of nitrogens with zero attached hydrogens (tertiary/aromatic N) is 1. The number of rotatable bonds is 6. The normalized spacial score (nSPS) is 20.9. The highest BCUT2D eigenvalue weighted by molar-refractivity contribution is 5.78. The highest BCUT2D eigenvalue weighted by atomic mass is 19.2. The van der Waals surface area contributed by atoms with Crippen LogP contribution in [0.15, 0.2) is 11.6 Å². The molecule has 0 aromatic heterocycles. The van der Waals surface area contributed by atoms with Crippen LogP contribution < -0.4 is 0 Å². The zero-order valence-corrected chi connectivity index (χ0v) is 15.3. The van der Waals surface area contributed by atoms with E-state index < -0.39 is 64.9 Å². The van der Waals surface area contributed by atoms with Crippen LogP contribution in [0.1, 0.15) is 31.9 Å². The number of ether oxygens (including phenoxy) is 2. The van der Waals surface area contributed by atoms with E-state index in [0.29, 0.717) is 5.57 Å². The lowest BCUT2D eigenvalue weighted by Crippen LogP contribution is -2.15. The van der Waals surface area contributed by atoms with E-state index in [9.17, 15) is 22.4 Å². The minimum absolute atomic E-state index is 0.267. The Balaban J connectivity index is 2.18. The molecule has 0 saturated heterocycles. The molecule has 146 valence electrons. The highest BCUT2D eigenvalue weighted by Gasteiger charge is 2.61. The molecular weight excluding hydrogens is 366 g/mol. The Labute approximate surface area is 154 Å². The molecule has 0 bridgehead atoms. The zero-order chi connectivity index (χ0) is 20.5. The Hall–Kier alpha value is -2.40. The molecule has 0 aliphatic heterocycles. The predicted molar refractivity (Wildman–Crippen MR) is 86.9 cm³/mol. The first-order valence-electron chi connectivity index (χ1n) is 8.15. The van der Waals surface area contributed by atoms with Gasteiger partial charge in [-0.3, -0.25) is 4.79 Å². The third-order valence-corrected chi connectivity index (χ3v) is 4.86. The van der Waals surface area contributed by atoms with E-state index in [0.717, 1.165) is 7.11 Å². The van der Waals surface area contributed by atoms with E-state index >= 15 is 0 Å². The van der Waals surface area contributed by atoms with Crippen molar-refractivity contribution in [1.82, 2.24) is 0 Å². The maximum absolute atomic E-state index is 14.1. The molecule has 2 unspecified atom stereocenters. The largest absolute Gasteiger partial charge is 0.460 e. The van der Waals surface area contributed by atoms with Crippen LogP contribution in [-0.4, -0.2) is 13.1 Å². The monoisotopic (exact) mass is 385 g/mol. The van der Waals surface area contributed by atoms with Gasteiger partial charge in [0.05, 0.1) is 29.7 Å². The topological polar surface area (TPSA) is 59.3 Å². The van der Waals surface area contributed by atoms with Crippen LogP contribution in [-0.2, 0) is 27.5 Å². The minimum atomic E-state index is -1.62. The first-order chi connectivity index (χ1) is 12.6. The van der Waals surface area contributed by atoms with Crippen LogP contribution in [0.5, 0.6) is 0 Å². The third-order valence-electron chi connectivity index (χ3n) is 4.86. The molecule has 4 nitrogen and oxygen atoms in total. The fourth-order valence-electron chi connectivity index (χ4n) is 3.10. The molecule has 27 heavy (non-hydrogen) atoms. The Kier molecular flexibility index (Phi) is 5.95. The number of nitriles is 1. The average Bonchev–Trinajstić information content (AvgIpc) is 3.16. The smallest absolute Gasteiger partial charge is 0.310 e. The number of benzene rings is 1. The van der Waals surface area contributed by atoms with E-state index in [1.807, 2.05) is 6.07 Å². The van der Waals surface area contributed by atoms with Gasteiger partial charge in [-0.05, 0) is 18.3 Å². The molecule has 0 radical (unpaired) electrons. The summed E-state index contributed by atoms with van der Waals surface area (Å²) in [6.45, 7) is 3.57. The molecule has 0 N–H and O–H groups in total. The Bertz CT molecular complexity index is 813. The number of halogens is 4. The quantitative estimate of drug-likeness (QED) is 0.319. The van der Waals surface area contributed by atoms with Crippen molar-refractivity contribution in [2.75, 3.05) is 7.11 Å². The number of methoxy groups -OCH3 is 1. The average molecular weight is 385 g/mol. The van der Waals surface area contributed by atoms with Crippen LogP contribution >= 0.6 is 0 Å². The molecular formula is C19H19F4NO3. The second-order valence-corrected chi connectivity index (χ2v) is 7.04. The molecule has 1 saturated carbocycles. The molecule has 2 rings (SSSR count). The fraction of sp³-hybridized carbons (Fsp3) is 0.474. The van der Waals surface area contributed by atoms with E-state index in [2.05, 4.69) is 4.74 Å². The van der Waals surface area contributed by atoms with Gasteiger partial charge >= 0.3 is 5.97 Å². The van der Waals surface area contributed by atoms with Gasteiger partial charge in [0.15, 0.2) is 23.3 Å². The molecule has 2 atom stereocenters. The molecule has 1 aliphatic rings. The van der Waals surface area contributed by atoms with Crippen LogP contribution in [0.2, 0.25) is 0 Å². The van der Waals surface area contributed by atoms with Gasteiger partial charge in [0, 0.05) is 12.7 Å². The van der Waals surface area contributed by atoms with Crippen molar-refractivity contribution >= 4 is 5.97 Å². The van der Waals surface area contributed by atoms with Gasteiger partial charge in [0.2, 0.25) is 0 Å². The SMILES string of the molecule is COCc1c(F)c(F)c(COC(=O)C2C(C=C(C)C#N)C2(C)C)c(F)c1F. The minimum Gasteiger partial charge on any atom is -0.460 e. The van der Waals surface area contributed by atoms with Crippen molar-refractivity contribution in [3.63, 3.8) is 0 Å². The zero-order valence-electron chi connectivity index (χ0n) is 15.3. The van der Waals surface area contributed by atoms with Crippen LogP contribution in [0, 0.1) is 51.9 Å². The van der Waals surface area contributed by atoms with E-state index in [4.69, 9.17) is 10.00 Å². The maximum Gasteiger partial charge on any atom is 0.310 e. The van der Waals surface area contributed by atoms with E-state index in [1.54, 1.807) is 26.8 Å². The highest BCUT2D eigenvalue weighted by Crippen LogP contribution is 2.59. The summed E-state index contributed by atoms with van der Waals surface area (Å²) in [5.74, 6) is -8.06. The lowest BCUT2D eigenvalue weighted by atomic mass is 10.1. The van der Waals surface area contributed by atoms with Crippen molar-refractivity contribution in [2.24, 2.45) is 17.3 Å². The summed E-state index contributed by atoms with van der Waals surface area (Å²) in [5, 5.41) is 8.83. The Morgan fingerprint density at radius 3 is 2.04 bits per heavy atom. The van der Waals surface area contributed by atoms with E-state index in [1.165, 1.54) is 0 Å². The number of allylic oxidation sites excluding steroid dienone is 2. The summed E-state index contributed by atoms with van der Waals surface area (Å²) in [6.07, 6.45) is 1.63. The van der Waals surface area contributed by atoms with Crippen molar-refractivity contribution in [2.45, 2.75) is 34.0 Å². The summed E-state index contributed by atoms with van der Waals surface area (Å²) in [6, 6.07) is 1.95. The lowest BCUT2D eigenvalue weighted by molar-refractivity contribution is -0.147. The molecule has 1 aromatic carbocycles. The van der Waals surface area contributed by atoms with Crippen molar-refractivity contribution in [1.29, 1.82) is 5.26 Å². The van der Waals surface area contributed by atoms with Crippen molar-refractivity contribution < 1.29 is 31.8 Å². The molecule has 0 heterocycles. The summed E-state index contributed by atoms with van der Waals surface area (Å²) < 4.78 is 65.4. The molecule has 8 heteroatoms. The number of hydrogen-bond acceptors (Lipinski definition) is 4. The summed E-state index contributed by atoms with van der Waals surface area (Å²) in [4.78, 5) is 12.2. The second kappa shape index (κ2) is 7.69. The van der Waals surface area contributed by atoms with Gasteiger partial charge in [-0.2, -0.15) is 5.26 Å².